The van der Waals surface area contributed by atoms with Crippen LogP contribution in [0.3, 0.4) is 0 Å². The molecule has 0 heterocycles. The van der Waals surface area contributed by atoms with Gasteiger partial charge in [-0.1, -0.05) is 31.2 Å². The van der Waals surface area contributed by atoms with Gasteiger partial charge in [-0.25, -0.2) is 0 Å². The molecule has 0 aromatic heterocycles. The van der Waals surface area contributed by atoms with Crippen molar-refractivity contribution in [3.05, 3.63) is 59.2 Å². The summed E-state index contributed by atoms with van der Waals surface area (Å²) in [5, 5.41) is 12.1. The van der Waals surface area contributed by atoms with Crippen molar-refractivity contribution in [2.24, 2.45) is 0 Å². The van der Waals surface area contributed by atoms with Gasteiger partial charge in [0.05, 0.1) is 12.5 Å². The molecule has 0 saturated carbocycles. The van der Waals surface area contributed by atoms with Gasteiger partial charge < -0.3 is 11.1 Å². The third-order valence-corrected chi connectivity index (χ3v) is 3.34. The van der Waals surface area contributed by atoms with E-state index in [2.05, 4.69) is 42.6 Å². The Morgan fingerprint density at radius 2 is 1.80 bits per heavy atom. The first-order valence-electron chi connectivity index (χ1n) is 6.80. The topological polar surface area (TPSA) is 61.8 Å². The number of nitrogens with two attached hydrogens (primary N) is 1. The lowest BCUT2D eigenvalue weighted by molar-refractivity contribution is 1.10. The molecule has 0 aliphatic carbocycles. The average molecular weight is 265 g/mol. The van der Waals surface area contributed by atoms with Crippen molar-refractivity contribution in [1.29, 1.82) is 5.26 Å². The molecule has 0 radical (unpaired) electrons. The van der Waals surface area contributed by atoms with Gasteiger partial charge >= 0.3 is 0 Å². The lowest BCUT2D eigenvalue weighted by Gasteiger charge is -2.10. The molecule has 0 atom stereocenters. The van der Waals surface area contributed by atoms with E-state index in [1.54, 1.807) is 0 Å². The molecule has 0 spiro atoms. The predicted octanol–water partition coefficient (Wildman–Crippen LogP) is 3.51. The Labute approximate surface area is 120 Å². The fourth-order valence-electron chi connectivity index (χ4n) is 2.05. The molecule has 20 heavy (non-hydrogen) atoms. The second kappa shape index (κ2) is 6.63. The van der Waals surface area contributed by atoms with Crippen LogP contribution in [0.5, 0.6) is 0 Å². The van der Waals surface area contributed by atoms with Gasteiger partial charge in [-0.15, -0.1) is 0 Å². The summed E-state index contributed by atoms with van der Waals surface area (Å²) >= 11 is 0. The number of nitrogens with zero attached hydrogens (tertiary/aromatic N) is 1. The highest BCUT2D eigenvalue weighted by atomic mass is 14.9. The zero-order valence-corrected chi connectivity index (χ0v) is 11.7. The van der Waals surface area contributed by atoms with Crippen LogP contribution in [0.15, 0.2) is 42.5 Å². The minimum atomic E-state index is 0.340. The van der Waals surface area contributed by atoms with Crippen LogP contribution >= 0.6 is 0 Å². The molecule has 0 aliphatic heterocycles. The van der Waals surface area contributed by atoms with E-state index < -0.39 is 0 Å². The molecule has 102 valence electrons. The average Bonchev–Trinajstić information content (AvgIpc) is 2.49. The Balaban J connectivity index is 2.03. The van der Waals surface area contributed by atoms with E-state index in [0.29, 0.717) is 12.1 Å². The predicted molar refractivity (Wildman–Crippen MR) is 83.3 cm³/mol. The monoisotopic (exact) mass is 265 g/mol. The highest BCUT2D eigenvalue weighted by Crippen LogP contribution is 2.19. The second-order valence-corrected chi connectivity index (χ2v) is 4.77. The summed E-state index contributed by atoms with van der Waals surface area (Å²) < 4.78 is 0. The summed E-state index contributed by atoms with van der Waals surface area (Å²) in [5.41, 5.74) is 11.0. The number of hydrogen-bond acceptors (Lipinski definition) is 3. The van der Waals surface area contributed by atoms with Crippen molar-refractivity contribution in [2.75, 3.05) is 11.1 Å². The standard InChI is InChI=1S/C17H19N3/c1-2-13-3-5-14(6-4-13)12-20-16-7-8-17(19)15(11-16)9-10-18/h3-8,11,20H,2,9,12,19H2,1H3. The molecule has 0 aliphatic rings. The fraction of sp³-hybridized carbons (Fsp3) is 0.235. The Morgan fingerprint density at radius 1 is 1.10 bits per heavy atom. The highest BCUT2D eigenvalue weighted by Gasteiger charge is 2.01. The lowest BCUT2D eigenvalue weighted by atomic mass is 10.1. The molecule has 2 aromatic carbocycles. The summed E-state index contributed by atoms with van der Waals surface area (Å²) in [6.45, 7) is 2.91. The van der Waals surface area contributed by atoms with Crippen LogP contribution in [0.1, 0.15) is 23.6 Å². The molecule has 0 bridgehead atoms. The van der Waals surface area contributed by atoms with Gasteiger partial charge in [-0.2, -0.15) is 5.26 Å². The first-order chi connectivity index (χ1) is 9.72. The van der Waals surface area contributed by atoms with Crippen molar-refractivity contribution in [1.82, 2.24) is 0 Å². The highest BCUT2D eigenvalue weighted by molar-refractivity contribution is 5.58. The van der Waals surface area contributed by atoms with Crippen LogP contribution in [0, 0.1) is 11.3 Å². The van der Waals surface area contributed by atoms with Crippen LogP contribution in [-0.2, 0) is 19.4 Å². The molecule has 0 amide bonds. The molecule has 0 fully saturated rings. The van der Waals surface area contributed by atoms with Gasteiger partial charge in [-0.05, 0) is 41.3 Å². The van der Waals surface area contributed by atoms with Crippen molar-refractivity contribution in [3.63, 3.8) is 0 Å². The van der Waals surface area contributed by atoms with Crippen LogP contribution < -0.4 is 11.1 Å². The van der Waals surface area contributed by atoms with Gasteiger partial charge in [0.15, 0.2) is 0 Å². The van der Waals surface area contributed by atoms with Gasteiger partial charge in [0.1, 0.15) is 0 Å². The second-order valence-electron chi connectivity index (χ2n) is 4.77. The van der Waals surface area contributed by atoms with Gasteiger partial charge in [0, 0.05) is 17.9 Å². The summed E-state index contributed by atoms with van der Waals surface area (Å²) in [7, 11) is 0. The number of aryl methyl sites for hydroxylation is 1. The number of nitrogens with one attached hydrogen (secondary N) is 1. The Bertz CT molecular complexity index is 609. The number of nitrogen functional groups attached to an aromatic ring is 1. The molecule has 2 rings (SSSR count). The maximum atomic E-state index is 8.77. The lowest BCUT2D eigenvalue weighted by Crippen LogP contribution is -2.01. The third-order valence-electron chi connectivity index (χ3n) is 3.34. The molecule has 2 aromatic rings. The van der Waals surface area contributed by atoms with Crippen molar-refractivity contribution >= 4 is 11.4 Å². The van der Waals surface area contributed by atoms with Crippen LogP contribution in [0.2, 0.25) is 0 Å². The normalized spacial score (nSPS) is 10.0. The largest absolute Gasteiger partial charge is 0.398 e. The van der Waals surface area contributed by atoms with Gasteiger partial charge in [0.2, 0.25) is 0 Å². The molecule has 0 unspecified atom stereocenters. The SMILES string of the molecule is CCc1ccc(CNc2ccc(N)c(CC#N)c2)cc1. The number of benzene rings is 2. The van der Waals surface area contributed by atoms with E-state index in [4.69, 9.17) is 11.0 Å². The van der Waals surface area contributed by atoms with E-state index in [1.165, 1.54) is 11.1 Å². The van der Waals surface area contributed by atoms with Crippen molar-refractivity contribution in [2.45, 2.75) is 26.3 Å². The number of hydrogen-bond donors (Lipinski definition) is 2. The Kier molecular flexibility index (Phi) is 4.62. The first-order valence-corrected chi connectivity index (χ1v) is 6.80. The van der Waals surface area contributed by atoms with E-state index in [9.17, 15) is 0 Å². The molecule has 3 N–H and O–H groups in total. The van der Waals surface area contributed by atoms with E-state index in [1.807, 2.05) is 18.2 Å². The Morgan fingerprint density at radius 3 is 2.45 bits per heavy atom. The number of nitriles is 1. The summed E-state index contributed by atoms with van der Waals surface area (Å²) in [4.78, 5) is 0. The van der Waals surface area contributed by atoms with Crippen molar-refractivity contribution < 1.29 is 0 Å². The zero-order valence-electron chi connectivity index (χ0n) is 11.7. The van der Waals surface area contributed by atoms with E-state index >= 15 is 0 Å². The maximum absolute atomic E-state index is 8.77. The minimum Gasteiger partial charge on any atom is -0.398 e. The van der Waals surface area contributed by atoms with Crippen LogP contribution in [0.4, 0.5) is 11.4 Å². The molecule has 0 saturated heterocycles. The smallest absolute Gasteiger partial charge is 0.0670 e. The summed E-state index contributed by atoms with van der Waals surface area (Å²) in [6.07, 6.45) is 1.40. The zero-order chi connectivity index (χ0) is 14.4. The van der Waals surface area contributed by atoms with E-state index in [0.717, 1.165) is 24.2 Å². The fourth-order valence-corrected chi connectivity index (χ4v) is 2.05. The Hall–Kier alpha value is -2.47. The summed E-state index contributed by atoms with van der Waals surface area (Å²) in [5.74, 6) is 0. The molecular weight excluding hydrogens is 246 g/mol. The number of rotatable bonds is 5. The van der Waals surface area contributed by atoms with Gasteiger partial charge in [0.25, 0.3) is 0 Å². The maximum Gasteiger partial charge on any atom is 0.0670 e. The van der Waals surface area contributed by atoms with Gasteiger partial charge in [-0.3, -0.25) is 0 Å². The third kappa shape index (κ3) is 3.52. The quantitative estimate of drug-likeness (QED) is 0.813. The van der Waals surface area contributed by atoms with E-state index in [-0.39, 0.29) is 0 Å². The van der Waals surface area contributed by atoms with Crippen molar-refractivity contribution in [3.8, 4) is 6.07 Å². The molecule has 3 heteroatoms. The molecule has 3 nitrogen and oxygen atoms in total. The van der Waals surface area contributed by atoms with Crippen LogP contribution in [-0.4, -0.2) is 0 Å². The minimum absolute atomic E-state index is 0.340. The van der Waals surface area contributed by atoms with Crippen LogP contribution in [0.25, 0.3) is 0 Å². The number of anilines is 2. The first kappa shape index (κ1) is 14.0. The summed E-state index contributed by atoms with van der Waals surface area (Å²) in [6, 6.07) is 16.4. The molecular formula is C17H19N3.